The Morgan fingerprint density at radius 2 is 1.68 bits per heavy atom. The van der Waals surface area contributed by atoms with Gasteiger partial charge in [-0.3, -0.25) is 0 Å². The van der Waals surface area contributed by atoms with Crippen LogP contribution in [0.15, 0.2) is 0 Å². The zero-order valence-corrected chi connectivity index (χ0v) is 19.4. The fourth-order valence-electron chi connectivity index (χ4n) is 8.81. The van der Waals surface area contributed by atoms with Gasteiger partial charge in [0.15, 0.2) is 0 Å². The SMILES string of the molecule is CC[C@]1(O)CCC2C(CCC3C2CCC2(C)C(CCCCC(C)C)CCC32)C1. The van der Waals surface area contributed by atoms with Crippen LogP contribution >= 0.6 is 0 Å². The molecule has 0 heterocycles. The molecule has 4 fully saturated rings. The van der Waals surface area contributed by atoms with Crippen molar-refractivity contribution in [2.75, 3.05) is 0 Å². The molecular formula is C27H48O. The molecule has 4 saturated carbocycles. The lowest BCUT2D eigenvalue weighted by molar-refractivity contribution is -0.107. The lowest BCUT2D eigenvalue weighted by atomic mass is 9.48. The van der Waals surface area contributed by atoms with Gasteiger partial charge in [0.2, 0.25) is 0 Å². The molecule has 0 bridgehead atoms. The van der Waals surface area contributed by atoms with Crippen molar-refractivity contribution in [3.63, 3.8) is 0 Å². The molecule has 0 aromatic rings. The summed E-state index contributed by atoms with van der Waals surface area (Å²) in [5.41, 5.74) is 0.330. The van der Waals surface area contributed by atoms with Gasteiger partial charge in [0.1, 0.15) is 0 Å². The van der Waals surface area contributed by atoms with Crippen LogP contribution in [0.4, 0.5) is 0 Å². The first-order valence-corrected chi connectivity index (χ1v) is 13.1. The summed E-state index contributed by atoms with van der Waals surface area (Å²) in [4.78, 5) is 0. The van der Waals surface area contributed by atoms with Gasteiger partial charge in [0.25, 0.3) is 0 Å². The zero-order chi connectivity index (χ0) is 19.9. The molecule has 0 aromatic carbocycles. The van der Waals surface area contributed by atoms with E-state index < -0.39 is 0 Å². The molecule has 1 nitrogen and oxygen atoms in total. The van der Waals surface area contributed by atoms with E-state index in [0.29, 0.717) is 5.41 Å². The monoisotopic (exact) mass is 388 g/mol. The van der Waals surface area contributed by atoms with Crippen LogP contribution in [0, 0.1) is 46.8 Å². The van der Waals surface area contributed by atoms with Crippen molar-refractivity contribution in [2.45, 2.75) is 123 Å². The number of hydrogen-bond donors (Lipinski definition) is 1. The molecule has 0 amide bonds. The topological polar surface area (TPSA) is 20.2 Å². The van der Waals surface area contributed by atoms with E-state index in [4.69, 9.17) is 0 Å². The van der Waals surface area contributed by atoms with Crippen molar-refractivity contribution in [2.24, 2.45) is 46.8 Å². The molecule has 4 rings (SSSR count). The largest absolute Gasteiger partial charge is 0.390 e. The average Bonchev–Trinajstić information content (AvgIpc) is 3.01. The van der Waals surface area contributed by atoms with Gasteiger partial charge in [0.05, 0.1) is 5.60 Å². The smallest absolute Gasteiger partial charge is 0.0648 e. The molecule has 0 radical (unpaired) electrons. The Bertz CT molecular complexity index is 526. The van der Waals surface area contributed by atoms with E-state index in [9.17, 15) is 5.11 Å². The van der Waals surface area contributed by atoms with Crippen LogP contribution in [-0.4, -0.2) is 10.7 Å². The van der Waals surface area contributed by atoms with E-state index in [1.54, 1.807) is 0 Å². The van der Waals surface area contributed by atoms with Crippen LogP contribution in [0.3, 0.4) is 0 Å². The summed E-state index contributed by atoms with van der Waals surface area (Å²) in [5, 5.41) is 10.9. The molecule has 0 aromatic heterocycles. The van der Waals surface area contributed by atoms with Gasteiger partial charge in [0, 0.05) is 0 Å². The van der Waals surface area contributed by atoms with E-state index in [0.717, 1.165) is 60.7 Å². The molecule has 162 valence electrons. The van der Waals surface area contributed by atoms with Crippen molar-refractivity contribution in [1.82, 2.24) is 0 Å². The summed E-state index contributed by atoms with van der Waals surface area (Å²) >= 11 is 0. The number of aliphatic hydroxyl groups is 1. The lowest BCUT2D eigenvalue weighted by Gasteiger charge is -2.57. The van der Waals surface area contributed by atoms with Gasteiger partial charge < -0.3 is 5.11 Å². The third-order valence-electron chi connectivity index (χ3n) is 10.5. The first kappa shape index (κ1) is 21.2. The fourth-order valence-corrected chi connectivity index (χ4v) is 8.81. The van der Waals surface area contributed by atoms with E-state index in [1.165, 1.54) is 70.6 Å². The highest BCUT2D eigenvalue weighted by Crippen LogP contribution is 2.65. The predicted molar refractivity (Wildman–Crippen MR) is 119 cm³/mol. The van der Waals surface area contributed by atoms with Crippen LogP contribution in [0.5, 0.6) is 0 Å². The van der Waals surface area contributed by atoms with E-state index in [1.807, 2.05) is 0 Å². The summed E-state index contributed by atoms with van der Waals surface area (Å²) in [7, 11) is 0. The molecule has 7 unspecified atom stereocenters. The van der Waals surface area contributed by atoms with Gasteiger partial charge >= 0.3 is 0 Å². The Kier molecular flexibility index (Phi) is 6.24. The molecule has 0 saturated heterocycles. The minimum atomic E-state index is -0.328. The van der Waals surface area contributed by atoms with Crippen molar-refractivity contribution in [3.05, 3.63) is 0 Å². The summed E-state index contributed by atoms with van der Waals surface area (Å²) < 4.78 is 0. The van der Waals surface area contributed by atoms with Crippen LogP contribution in [0.2, 0.25) is 0 Å². The van der Waals surface area contributed by atoms with Gasteiger partial charge in [-0.1, -0.05) is 47.0 Å². The van der Waals surface area contributed by atoms with E-state index in [2.05, 4.69) is 27.7 Å². The standard InChI is InChI=1S/C27H48O/c1-5-27(28)17-15-22-20(18-27)10-12-24-23(22)14-16-26(4)21(11-13-25(24)26)9-7-6-8-19(2)3/h19-25,28H,5-18H2,1-4H3/t20?,21?,22?,23?,24?,25?,26?,27-/m0/s1. The second kappa shape index (κ2) is 8.24. The highest BCUT2D eigenvalue weighted by Gasteiger charge is 2.57. The Balaban J connectivity index is 1.38. The second-order valence-corrected chi connectivity index (χ2v) is 12.3. The summed E-state index contributed by atoms with van der Waals surface area (Å²) in [6.45, 7) is 9.64. The lowest BCUT2D eigenvalue weighted by Crippen LogP contribution is -2.50. The maximum atomic E-state index is 10.9. The maximum absolute atomic E-state index is 10.9. The Morgan fingerprint density at radius 3 is 2.43 bits per heavy atom. The van der Waals surface area contributed by atoms with E-state index in [-0.39, 0.29) is 5.60 Å². The first-order chi connectivity index (χ1) is 13.4. The van der Waals surface area contributed by atoms with Crippen molar-refractivity contribution in [1.29, 1.82) is 0 Å². The Hall–Kier alpha value is -0.0400. The quantitative estimate of drug-likeness (QED) is 0.464. The fraction of sp³-hybridized carbons (Fsp3) is 1.00. The van der Waals surface area contributed by atoms with Crippen molar-refractivity contribution < 1.29 is 5.11 Å². The molecule has 4 aliphatic rings. The highest BCUT2D eigenvalue weighted by atomic mass is 16.3. The molecule has 8 atom stereocenters. The third kappa shape index (κ3) is 3.83. The van der Waals surface area contributed by atoms with Crippen molar-refractivity contribution in [3.8, 4) is 0 Å². The summed E-state index contributed by atoms with van der Waals surface area (Å²) in [6.07, 6.45) is 19.3. The average molecular weight is 389 g/mol. The molecule has 1 heteroatoms. The maximum Gasteiger partial charge on any atom is 0.0648 e. The minimum Gasteiger partial charge on any atom is -0.390 e. The molecular weight excluding hydrogens is 340 g/mol. The number of fused-ring (bicyclic) bond motifs is 5. The number of rotatable bonds is 6. The molecule has 28 heavy (non-hydrogen) atoms. The second-order valence-electron chi connectivity index (χ2n) is 12.3. The van der Waals surface area contributed by atoms with Gasteiger partial charge in [-0.05, 0) is 117 Å². The van der Waals surface area contributed by atoms with Gasteiger partial charge in [-0.2, -0.15) is 0 Å². The predicted octanol–water partition coefficient (Wildman–Crippen LogP) is 7.61. The molecule has 0 spiro atoms. The Morgan fingerprint density at radius 1 is 0.893 bits per heavy atom. The normalized spacial score (nSPS) is 48.2. The summed E-state index contributed by atoms with van der Waals surface area (Å²) in [5.74, 6) is 6.71. The Labute approximate surface area is 175 Å². The third-order valence-corrected chi connectivity index (χ3v) is 10.5. The van der Waals surface area contributed by atoms with E-state index >= 15 is 0 Å². The molecule has 0 aliphatic heterocycles. The number of hydrogen-bond acceptors (Lipinski definition) is 1. The highest BCUT2D eigenvalue weighted by molar-refractivity contribution is 5.06. The van der Waals surface area contributed by atoms with Crippen LogP contribution in [0.25, 0.3) is 0 Å². The first-order valence-electron chi connectivity index (χ1n) is 13.1. The van der Waals surface area contributed by atoms with Crippen LogP contribution in [0.1, 0.15) is 118 Å². The molecule has 1 N–H and O–H groups in total. The van der Waals surface area contributed by atoms with Gasteiger partial charge in [-0.25, -0.2) is 0 Å². The number of unbranched alkanes of at least 4 members (excludes halogenated alkanes) is 1. The van der Waals surface area contributed by atoms with Gasteiger partial charge in [-0.15, -0.1) is 0 Å². The minimum absolute atomic E-state index is 0.328. The molecule has 4 aliphatic carbocycles. The van der Waals surface area contributed by atoms with Crippen molar-refractivity contribution >= 4 is 0 Å². The zero-order valence-electron chi connectivity index (χ0n) is 19.4. The van der Waals surface area contributed by atoms with Crippen LogP contribution in [-0.2, 0) is 0 Å². The summed E-state index contributed by atoms with van der Waals surface area (Å²) in [6, 6.07) is 0. The van der Waals surface area contributed by atoms with Crippen LogP contribution < -0.4 is 0 Å².